The Morgan fingerprint density at radius 1 is 1.23 bits per heavy atom. The van der Waals surface area contributed by atoms with Gasteiger partial charge >= 0.3 is 0 Å². The molecule has 0 saturated heterocycles. The lowest BCUT2D eigenvalue weighted by atomic mass is 9.87. The van der Waals surface area contributed by atoms with E-state index in [4.69, 9.17) is 14.2 Å². The van der Waals surface area contributed by atoms with Crippen LogP contribution < -0.4 is 20.1 Å². The van der Waals surface area contributed by atoms with Gasteiger partial charge in [0, 0.05) is 36.5 Å². The van der Waals surface area contributed by atoms with Crippen molar-refractivity contribution in [1.82, 2.24) is 15.3 Å². The van der Waals surface area contributed by atoms with E-state index in [9.17, 15) is 9.18 Å². The third-order valence-electron chi connectivity index (χ3n) is 6.59. The van der Waals surface area contributed by atoms with Crippen molar-refractivity contribution >= 4 is 17.3 Å². The number of aromatic amines is 1. The number of halogens is 1. The third-order valence-corrected chi connectivity index (χ3v) is 6.59. The zero-order valence-electron chi connectivity index (χ0n) is 19.8. The number of H-pyrrole nitrogens is 1. The van der Waals surface area contributed by atoms with E-state index < -0.39 is 5.82 Å². The molecule has 2 aliphatic heterocycles. The number of methoxy groups -OCH3 is 1. The van der Waals surface area contributed by atoms with Crippen molar-refractivity contribution in [1.29, 1.82) is 0 Å². The predicted molar refractivity (Wildman–Crippen MR) is 130 cm³/mol. The highest BCUT2D eigenvalue weighted by atomic mass is 19.1. The molecule has 8 nitrogen and oxygen atoms in total. The number of benzene rings is 1. The molecule has 2 atom stereocenters. The van der Waals surface area contributed by atoms with Gasteiger partial charge in [-0.2, -0.15) is 0 Å². The Hall–Kier alpha value is -3.59. The monoisotopic (exact) mass is 480 g/mol. The molecule has 2 unspecified atom stereocenters. The molecule has 5 rings (SSSR count). The van der Waals surface area contributed by atoms with E-state index >= 15 is 0 Å². The van der Waals surface area contributed by atoms with Crippen molar-refractivity contribution in [2.24, 2.45) is 5.92 Å². The first-order chi connectivity index (χ1) is 17.1. The number of carbonyl (C=O) groups is 1. The van der Waals surface area contributed by atoms with Gasteiger partial charge in [-0.25, -0.2) is 4.39 Å². The molecule has 3 aromatic rings. The van der Waals surface area contributed by atoms with Crippen molar-refractivity contribution in [2.45, 2.75) is 25.7 Å². The van der Waals surface area contributed by atoms with Crippen LogP contribution in [0.25, 0.3) is 11.3 Å². The zero-order valence-corrected chi connectivity index (χ0v) is 19.8. The Morgan fingerprint density at radius 2 is 2.11 bits per heavy atom. The summed E-state index contributed by atoms with van der Waals surface area (Å²) in [4.78, 5) is 21.0. The van der Waals surface area contributed by atoms with Crippen LogP contribution in [0.2, 0.25) is 0 Å². The van der Waals surface area contributed by atoms with Gasteiger partial charge in [0.05, 0.1) is 42.5 Å². The van der Waals surface area contributed by atoms with Gasteiger partial charge in [-0.05, 0) is 37.0 Å². The van der Waals surface area contributed by atoms with Crippen LogP contribution in [0.15, 0.2) is 36.7 Å². The number of ether oxygens (including phenoxy) is 3. The summed E-state index contributed by atoms with van der Waals surface area (Å²) < 4.78 is 31.6. The molecule has 0 spiro atoms. The van der Waals surface area contributed by atoms with Crippen LogP contribution in [0.4, 0.5) is 15.8 Å². The fourth-order valence-corrected chi connectivity index (χ4v) is 4.85. The molecule has 1 amide bonds. The lowest BCUT2D eigenvalue weighted by Gasteiger charge is -2.26. The van der Waals surface area contributed by atoms with Gasteiger partial charge in [-0.3, -0.25) is 9.78 Å². The predicted octanol–water partition coefficient (Wildman–Crippen LogP) is 4.62. The standard InChI is InChI=1S/C26H29FN4O4/c1-15-7-9-34-10-11-35-20-14-28-8-6-17(20)23-24(30-19-5-3-4-18(27)25(19)33-2)21-22(31-23)16(12-15)13-29-26(21)32/h3-6,8,14-16,30-31H,7,9-13H2,1-2H3,(H,29,32). The number of hydrogen-bond donors (Lipinski definition) is 3. The Bertz CT molecular complexity index is 1230. The van der Waals surface area contributed by atoms with Crippen LogP contribution in [0.5, 0.6) is 11.5 Å². The molecule has 0 radical (unpaired) electrons. The highest BCUT2D eigenvalue weighted by Gasteiger charge is 2.34. The van der Waals surface area contributed by atoms with Crippen LogP contribution in [0, 0.1) is 11.7 Å². The maximum absolute atomic E-state index is 14.5. The minimum absolute atomic E-state index is 0.0732. The molecule has 2 aromatic heterocycles. The molecule has 35 heavy (non-hydrogen) atoms. The van der Waals surface area contributed by atoms with Gasteiger partial charge in [0.25, 0.3) is 5.91 Å². The van der Waals surface area contributed by atoms with Crippen molar-refractivity contribution in [2.75, 3.05) is 38.8 Å². The lowest BCUT2D eigenvalue weighted by Crippen LogP contribution is -2.35. The molecular weight excluding hydrogens is 451 g/mol. The maximum Gasteiger partial charge on any atom is 0.255 e. The van der Waals surface area contributed by atoms with Crippen LogP contribution in [0.3, 0.4) is 0 Å². The number of para-hydroxylation sites is 1. The van der Waals surface area contributed by atoms with E-state index in [0.717, 1.165) is 24.1 Å². The first-order valence-electron chi connectivity index (χ1n) is 11.8. The Balaban J connectivity index is 1.70. The van der Waals surface area contributed by atoms with Gasteiger partial charge < -0.3 is 29.8 Å². The van der Waals surface area contributed by atoms with Crippen LogP contribution in [-0.2, 0) is 4.74 Å². The molecular formula is C26H29FN4O4. The van der Waals surface area contributed by atoms with Crippen molar-refractivity contribution < 1.29 is 23.4 Å². The maximum atomic E-state index is 14.5. The van der Waals surface area contributed by atoms with Crippen molar-refractivity contribution in [3.05, 3.63) is 53.7 Å². The van der Waals surface area contributed by atoms with Gasteiger partial charge in [0.2, 0.25) is 0 Å². The number of anilines is 2. The number of amides is 1. The second kappa shape index (κ2) is 9.95. The molecule has 4 heterocycles. The number of nitrogens with one attached hydrogen (secondary N) is 3. The largest absolute Gasteiger partial charge is 0.492 e. The van der Waals surface area contributed by atoms with E-state index in [1.54, 1.807) is 24.5 Å². The van der Waals surface area contributed by atoms with E-state index in [0.29, 0.717) is 60.7 Å². The highest BCUT2D eigenvalue weighted by molar-refractivity contribution is 6.07. The second-order valence-electron chi connectivity index (χ2n) is 8.98. The van der Waals surface area contributed by atoms with Gasteiger partial charge in [0.1, 0.15) is 12.4 Å². The summed E-state index contributed by atoms with van der Waals surface area (Å²) in [5, 5.41) is 6.34. The van der Waals surface area contributed by atoms with Gasteiger partial charge in [-0.1, -0.05) is 13.0 Å². The number of nitrogens with zero attached hydrogens (tertiary/aromatic N) is 1. The third kappa shape index (κ3) is 4.55. The molecule has 184 valence electrons. The number of pyridine rings is 1. The van der Waals surface area contributed by atoms with Gasteiger partial charge in [-0.15, -0.1) is 0 Å². The fourth-order valence-electron chi connectivity index (χ4n) is 4.85. The van der Waals surface area contributed by atoms with Crippen molar-refractivity contribution in [3.63, 3.8) is 0 Å². The number of rotatable bonds is 3. The number of carbonyl (C=O) groups excluding carboxylic acids is 1. The van der Waals surface area contributed by atoms with Crippen LogP contribution in [-0.4, -0.2) is 49.4 Å². The van der Waals surface area contributed by atoms with Crippen LogP contribution in [0.1, 0.15) is 41.7 Å². The summed E-state index contributed by atoms with van der Waals surface area (Å²) in [5.74, 6) is 0.444. The van der Waals surface area contributed by atoms with Crippen molar-refractivity contribution in [3.8, 4) is 22.8 Å². The quantitative estimate of drug-likeness (QED) is 0.506. The summed E-state index contributed by atoms with van der Waals surface area (Å²) in [6.45, 7) is 4.23. The topological polar surface area (TPSA) is 97.5 Å². The fraction of sp³-hybridized carbons (Fsp3) is 0.385. The first kappa shape index (κ1) is 23.2. The Kier molecular flexibility index (Phi) is 6.59. The normalized spacial score (nSPS) is 20.1. The minimum Gasteiger partial charge on any atom is -0.492 e. The molecule has 0 aliphatic carbocycles. The van der Waals surface area contributed by atoms with E-state index in [1.807, 2.05) is 6.07 Å². The van der Waals surface area contributed by atoms with Crippen LogP contribution >= 0.6 is 0 Å². The summed E-state index contributed by atoms with van der Waals surface area (Å²) in [6, 6.07) is 6.48. The molecule has 2 bridgehead atoms. The summed E-state index contributed by atoms with van der Waals surface area (Å²) >= 11 is 0. The SMILES string of the molecule is COc1c(F)cccc1Nc1c2[nH]c3c1C(=O)NCC3CC(C)CCOCCOc1cnccc1-2. The van der Waals surface area contributed by atoms with E-state index in [1.165, 1.54) is 13.2 Å². The number of fused-ring (bicyclic) bond motifs is 3. The zero-order chi connectivity index (χ0) is 24.4. The van der Waals surface area contributed by atoms with E-state index in [2.05, 4.69) is 27.5 Å². The number of aromatic nitrogens is 2. The lowest BCUT2D eigenvalue weighted by molar-refractivity contribution is 0.0886. The molecule has 9 heteroatoms. The molecule has 1 aromatic carbocycles. The number of hydrogen-bond acceptors (Lipinski definition) is 6. The minimum atomic E-state index is -0.495. The molecule has 0 fully saturated rings. The molecule has 3 N–H and O–H groups in total. The summed E-state index contributed by atoms with van der Waals surface area (Å²) in [6.07, 6.45) is 5.12. The smallest absolute Gasteiger partial charge is 0.255 e. The molecule has 2 aliphatic rings. The first-order valence-corrected chi connectivity index (χ1v) is 11.8. The Morgan fingerprint density at radius 3 is 2.97 bits per heavy atom. The average Bonchev–Trinajstić information content (AvgIpc) is 3.23. The summed E-state index contributed by atoms with van der Waals surface area (Å²) in [7, 11) is 1.42. The van der Waals surface area contributed by atoms with E-state index in [-0.39, 0.29) is 17.6 Å². The second-order valence-corrected chi connectivity index (χ2v) is 8.98. The average molecular weight is 481 g/mol. The highest BCUT2D eigenvalue weighted by Crippen LogP contribution is 2.44. The summed E-state index contributed by atoms with van der Waals surface area (Å²) in [5.41, 5.74) is 3.75. The molecule has 0 saturated carbocycles. The van der Waals surface area contributed by atoms with Gasteiger partial charge in [0.15, 0.2) is 11.6 Å². The Labute approximate surface area is 203 Å².